The van der Waals surface area contributed by atoms with Crippen molar-refractivity contribution < 1.29 is 4.79 Å². The van der Waals surface area contributed by atoms with Crippen molar-refractivity contribution in [1.29, 1.82) is 0 Å². The van der Waals surface area contributed by atoms with E-state index in [4.69, 9.17) is 0 Å². The molecule has 1 aromatic rings. The molecule has 0 aromatic carbocycles. The average Bonchev–Trinajstić information content (AvgIpc) is 2.78. The Hall–Kier alpha value is -1.09. The van der Waals surface area contributed by atoms with Crippen LogP contribution in [0.1, 0.15) is 43.0 Å². The molecule has 17 heavy (non-hydrogen) atoms. The third-order valence-corrected chi connectivity index (χ3v) is 4.06. The Morgan fingerprint density at radius 3 is 3.24 bits per heavy atom. The van der Waals surface area contributed by atoms with E-state index in [0.29, 0.717) is 0 Å². The molecule has 3 heteroatoms. The van der Waals surface area contributed by atoms with Gasteiger partial charge in [-0.25, -0.2) is 0 Å². The van der Waals surface area contributed by atoms with Crippen LogP contribution in [0.3, 0.4) is 0 Å². The Bertz CT molecular complexity index is 420. The molecule has 92 valence electrons. The number of thiophene rings is 1. The lowest BCUT2D eigenvalue weighted by Gasteiger charge is -2.14. The van der Waals surface area contributed by atoms with Crippen molar-refractivity contribution >= 4 is 22.8 Å². The SMILES string of the molecule is CCCCNC(=O)C=C1CCCc2sccc21. The molecule has 0 fully saturated rings. The van der Waals surface area contributed by atoms with Gasteiger partial charge in [0.1, 0.15) is 0 Å². The lowest BCUT2D eigenvalue weighted by atomic mass is 9.93. The Labute approximate surface area is 107 Å². The molecule has 1 heterocycles. The van der Waals surface area contributed by atoms with Gasteiger partial charge >= 0.3 is 0 Å². The van der Waals surface area contributed by atoms with Crippen LogP contribution in [0.15, 0.2) is 17.5 Å². The van der Waals surface area contributed by atoms with Crippen molar-refractivity contribution in [1.82, 2.24) is 5.32 Å². The Morgan fingerprint density at radius 1 is 1.53 bits per heavy atom. The molecule has 0 saturated carbocycles. The number of hydrogen-bond donors (Lipinski definition) is 1. The van der Waals surface area contributed by atoms with E-state index in [0.717, 1.165) is 25.8 Å². The summed E-state index contributed by atoms with van der Waals surface area (Å²) < 4.78 is 0. The van der Waals surface area contributed by atoms with E-state index in [1.54, 1.807) is 17.4 Å². The molecular weight excluding hydrogens is 230 g/mol. The van der Waals surface area contributed by atoms with Gasteiger partial charge in [0.2, 0.25) is 5.91 Å². The van der Waals surface area contributed by atoms with E-state index in [1.165, 1.54) is 28.9 Å². The fourth-order valence-electron chi connectivity index (χ4n) is 2.14. The van der Waals surface area contributed by atoms with Gasteiger partial charge in [-0.3, -0.25) is 4.79 Å². The number of nitrogens with one attached hydrogen (secondary N) is 1. The average molecular weight is 249 g/mol. The van der Waals surface area contributed by atoms with E-state index in [-0.39, 0.29) is 5.91 Å². The highest BCUT2D eigenvalue weighted by Gasteiger charge is 2.15. The summed E-state index contributed by atoms with van der Waals surface area (Å²) in [6.07, 6.45) is 7.33. The Kier molecular flexibility index (Phi) is 4.37. The number of hydrogen-bond acceptors (Lipinski definition) is 2. The number of unbranched alkanes of at least 4 members (excludes halogenated alkanes) is 1. The van der Waals surface area contributed by atoms with Gasteiger partial charge in [-0.05, 0) is 48.3 Å². The molecule has 2 nitrogen and oxygen atoms in total. The van der Waals surface area contributed by atoms with Gasteiger partial charge in [-0.2, -0.15) is 0 Å². The molecule has 1 amide bonds. The number of carbonyl (C=O) groups is 1. The zero-order valence-corrected chi connectivity index (χ0v) is 11.1. The smallest absolute Gasteiger partial charge is 0.244 e. The minimum atomic E-state index is 0.0625. The lowest BCUT2D eigenvalue weighted by molar-refractivity contribution is -0.116. The Morgan fingerprint density at radius 2 is 2.41 bits per heavy atom. The van der Waals surface area contributed by atoms with Crippen LogP contribution in [0.2, 0.25) is 0 Å². The molecule has 0 spiro atoms. The van der Waals surface area contributed by atoms with E-state index in [1.807, 2.05) is 0 Å². The molecule has 1 N–H and O–H groups in total. The van der Waals surface area contributed by atoms with Crippen LogP contribution in [0.25, 0.3) is 5.57 Å². The van der Waals surface area contributed by atoms with Crippen LogP contribution in [0.4, 0.5) is 0 Å². The zero-order valence-electron chi connectivity index (χ0n) is 10.3. The van der Waals surface area contributed by atoms with E-state index in [2.05, 4.69) is 23.7 Å². The second-order valence-electron chi connectivity index (χ2n) is 4.43. The molecular formula is C14H19NOS. The first-order chi connectivity index (χ1) is 8.31. The summed E-state index contributed by atoms with van der Waals surface area (Å²) in [6, 6.07) is 2.14. The second-order valence-corrected chi connectivity index (χ2v) is 5.43. The van der Waals surface area contributed by atoms with Crippen molar-refractivity contribution in [3.05, 3.63) is 28.0 Å². The van der Waals surface area contributed by atoms with Crippen molar-refractivity contribution in [2.45, 2.75) is 39.0 Å². The highest BCUT2D eigenvalue weighted by Crippen LogP contribution is 2.33. The van der Waals surface area contributed by atoms with Gasteiger partial charge in [0.05, 0.1) is 0 Å². The number of allylic oxidation sites excluding steroid dienone is 1. The lowest BCUT2D eigenvalue weighted by Crippen LogP contribution is -2.22. The number of fused-ring (bicyclic) bond motifs is 1. The number of amides is 1. The summed E-state index contributed by atoms with van der Waals surface area (Å²) in [5.74, 6) is 0.0625. The topological polar surface area (TPSA) is 29.1 Å². The fraction of sp³-hybridized carbons (Fsp3) is 0.500. The largest absolute Gasteiger partial charge is 0.353 e. The summed E-state index contributed by atoms with van der Waals surface area (Å²) in [6.45, 7) is 2.92. The third-order valence-electron chi connectivity index (χ3n) is 3.08. The summed E-state index contributed by atoms with van der Waals surface area (Å²) >= 11 is 1.81. The quantitative estimate of drug-likeness (QED) is 0.643. The molecule has 0 atom stereocenters. The fourth-order valence-corrected chi connectivity index (χ4v) is 3.10. The van der Waals surface area contributed by atoms with Crippen LogP contribution in [0.5, 0.6) is 0 Å². The zero-order chi connectivity index (χ0) is 12.1. The van der Waals surface area contributed by atoms with Gasteiger partial charge in [0.15, 0.2) is 0 Å². The maximum absolute atomic E-state index is 11.7. The standard InChI is InChI=1S/C14H19NOS/c1-2-3-8-15-14(16)10-11-5-4-6-13-12(11)7-9-17-13/h7,9-10H,2-6,8H2,1H3,(H,15,16). The number of aryl methyl sites for hydroxylation is 1. The second kappa shape index (κ2) is 6.01. The highest BCUT2D eigenvalue weighted by atomic mass is 32.1. The Balaban J connectivity index is 2.01. The van der Waals surface area contributed by atoms with Crippen LogP contribution in [-0.4, -0.2) is 12.5 Å². The van der Waals surface area contributed by atoms with Crippen LogP contribution < -0.4 is 5.32 Å². The maximum Gasteiger partial charge on any atom is 0.244 e. The first-order valence-corrected chi connectivity index (χ1v) is 7.24. The molecule has 2 rings (SSSR count). The molecule has 0 unspecified atom stereocenters. The van der Waals surface area contributed by atoms with Crippen LogP contribution in [-0.2, 0) is 11.2 Å². The summed E-state index contributed by atoms with van der Waals surface area (Å²) in [5, 5.41) is 5.07. The summed E-state index contributed by atoms with van der Waals surface area (Å²) in [4.78, 5) is 13.2. The minimum absolute atomic E-state index is 0.0625. The van der Waals surface area contributed by atoms with Crippen molar-refractivity contribution in [3.8, 4) is 0 Å². The predicted octanol–water partition coefficient (Wildman–Crippen LogP) is 3.38. The molecule has 1 aromatic heterocycles. The molecule has 1 aliphatic rings. The van der Waals surface area contributed by atoms with E-state index in [9.17, 15) is 4.79 Å². The van der Waals surface area contributed by atoms with Crippen LogP contribution >= 0.6 is 11.3 Å². The van der Waals surface area contributed by atoms with Gasteiger partial charge in [0.25, 0.3) is 0 Å². The molecule has 0 aliphatic heterocycles. The van der Waals surface area contributed by atoms with Gasteiger partial charge in [-0.15, -0.1) is 11.3 Å². The van der Waals surface area contributed by atoms with Crippen molar-refractivity contribution in [2.75, 3.05) is 6.54 Å². The first-order valence-electron chi connectivity index (χ1n) is 6.36. The van der Waals surface area contributed by atoms with Gasteiger partial charge in [-0.1, -0.05) is 13.3 Å². The van der Waals surface area contributed by atoms with Crippen molar-refractivity contribution in [2.24, 2.45) is 0 Å². The molecule has 1 aliphatic carbocycles. The predicted molar refractivity (Wildman–Crippen MR) is 73.2 cm³/mol. The van der Waals surface area contributed by atoms with Crippen molar-refractivity contribution in [3.63, 3.8) is 0 Å². The molecule has 0 radical (unpaired) electrons. The third kappa shape index (κ3) is 3.19. The number of carbonyl (C=O) groups excluding carboxylic acids is 1. The van der Waals surface area contributed by atoms with Gasteiger partial charge in [0, 0.05) is 17.5 Å². The maximum atomic E-state index is 11.7. The van der Waals surface area contributed by atoms with Gasteiger partial charge < -0.3 is 5.32 Å². The first kappa shape index (κ1) is 12.4. The van der Waals surface area contributed by atoms with E-state index < -0.39 is 0 Å². The molecule has 0 bridgehead atoms. The summed E-state index contributed by atoms with van der Waals surface area (Å²) in [7, 11) is 0. The number of rotatable bonds is 4. The summed E-state index contributed by atoms with van der Waals surface area (Å²) in [5.41, 5.74) is 2.51. The minimum Gasteiger partial charge on any atom is -0.353 e. The van der Waals surface area contributed by atoms with Crippen LogP contribution in [0, 0.1) is 0 Å². The highest BCUT2D eigenvalue weighted by molar-refractivity contribution is 7.10. The monoisotopic (exact) mass is 249 g/mol. The van der Waals surface area contributed by atoms with E-state index >= 15 is 0 Å². The molecule has 0 saturated heterocycles. The normalized spacial score (nSPS) is 16.9.